The first-order valence-corrected chi connectivity index (χ1v) is 9.20. The van der Waals surface area contributed by atoms with Crippen LogP contribution in [0.5, 0.6) is 0 Å². The minimum atomic E-state index is -0.768. The zero-order chi connectivity index (χ0) is 19.4. The average Bonchev–Trinajstić information content (AvgIpc) is 3.24. The van der Waals surface area contributed by atoms with Crippen LogP contribution in [0.2, 0.25) is 0 Å². The van der Waals surface area contributed by atoms with Gasteiger partial charge in [-0.25, -0.2) is 4.98 Å². The first-order chi connectivity index (χ1) is 13.0. The second-order valence-electron chi connectivity index (χ2n) is 6.24. The molecule has 0 aromatic carbocycles. The fourth-order valence-corrected chi connectivity index (χ4v) is 3.26. The van der Waals surface area contributed by atoms with E-state index in [0.29, 0.717) is 24.9 Å². The van der Waals surface area contributed by atoms with Gasteiger partial charge in [0.15, 0.2) is 0 Å². The third-order valence-electron chi connectivity index (χ3n) is 4.27. The monoisotopic (exact) mass is 435 g/mol. The molecule has 27 heavy (non-hydrogen) atoms. The number of aldehydes is 1. The predicted molar refractivity (Wildman–Crippen MR) is 99.0 cm³/mol. The van der Waals surface area contributed by atoms with Gasteiger partial charge in [-0.2, -0.15) is 0 Å². The smallest absolute Gasteiger partial charge is 0.271 e. The standard InChI is InChI=1S/C17H18BrN5O4/c18-11-1-2-14-22-13(8-23(14)7-11)17(27)20-6-15(25)21-12(9-24)5-10-3-4-19-16(10)26/h1-2,7-10,12H,3-6H2,(H,19,26)(H,20,27)(H,21,25). The van der Waals surface area contributed by atoms with Crippen molar-refractivity contribution in [3.63, 3.8) is 0 Å². The van der Waals surface area contributed by atoms with Crippen LogP contribution in [0.15, 0.2) is 29.0 Å². The van der Waals surface area contributed by atoms with Crippen molar-refractivity contribution in [2.24, 2.45) is 5.92 Å². The van der Waals surface area contributed by atoms with E-state index in [1.165, 1.54) is 0 Å². The van der Waals surface area contributed by atoms with E-state index in [4.69, 9.17) is 0 Å². The molecule has 3 N–H and O–H groups in total. The van der Waals surface area contributed by atoms with E-state index in [9.17, 15) is 19.2 Å². The third-order valence-corrected chi connectivity index (χ3v) is 4.74. The molecule has 9 nitrogen and oxygen atoms in total. The van der Waals surface area contributed by atoms with Gasteiger partial charge in [0.2, 0.25) is 11.8 Å². The fraction of sp³-hybridized carbons (Fsp3) is 0.353. The molecule has 0 radical (unpaired) electrons. The summed E-state index contributed by atoms with van der Waals surface area (Å²) in [7, 11) is 0. The van der Waals surface area contributed by atoms with E-state index in [-0.39, 0.29) is 30.5 Å². The molecule has 1 fully saturated rings. The van der Waals surface area contributed by atoms with E-state index in [1.54, 1.807) is 22.9 Å². The summed E-state index contributed by atoms with van der Waals surface area (Å²) in [4.78, 5) is 51.1. The quantitative estimate of drug-likeness (QED) is 0.529. The van der Waals surface area contributed by atoms with Crippen LogP contribution in [0.1, 0.15) is 23.3 Å². The molecule has 0 saturated carbocycles. The summed E-state index contributed by atoms with van der Waals surface area (Å²) in [5, 5.41) is 7.68. The van der Waals surface area contributed by atoms with Crippen molar-refractivity contribution in [3.05, 3.63) is 34.7 Å². The maximum atomic E-state index is 12.2. The molecule has 10 heteroatoms. The van der Waals surface area contributed by atoms with Crippen molar-refractivity contribution in [1.29, 1.82) is 0 Å². The number of hydrogen-bond acceptors (Lipinski definition) is 5. The molecule has 0 spiro atoms. The molecule has 1 saturated heterocycles. The van der Waals surface area contributed by atoms with E-state index in [1.807, 2.05) is 6.07 Å². The number of carbonyl (C=O) groups excluding carboxylic acids is 4. The highest BCUT2D eigenvalue weighted by Crippen LogP contribution is 2.15. The van der Waals surface area contributed by atoms with Crippen LogP contribution in [0.25, 0.3) is 5.65 Å². The van der Waals surface area contributed by atoms with Crippen molar-refractivity contribution in [2.75, 3.05) is 13.1 Å². The lowest BCUT2D eigenvalue weighted by Crippen LogP contribution is -2.44. The average molecular weight is 436 g/mol. The highest BCUT2D eigenvalue weighted by atomic mass is 79.9. The molecular formula is C17H18BrN5O4. The normalized spacial score (nSPS) is 17.4. The van der Waals surface area contributed by atoms with Crippen molar-refractivity contribution in [2.45, 2.75) is 18.9 Å². The maximum absolute atomic E-state index is 12.2. The van der Waals surface area contributed by atoms with Gasteiger partial charge in [-0.05, 0) is 40.9 Å². The Balaban J connectivity index is 1.51. The number of nitrogens with zero attached hydrogens (tertiary/aromatic N) is 2. The summed E-state index contributed by atoms with van der Waals surface area (Å²) >= 11 is 3.34. The Morgan fingerprint density at radius 1 is 1.41 bits per heavy atom. The van der Waals surface area contributed by atoms with Crippen LogP contribution in [-0.2, 0) is 14.4 Å². The molecule has 1 aliphatic rings. The van der Waals surface area contributed by atoms with Crippen molar-refractivity contribution < 1.29 is 19.2 Å². The van der Waals surface area contributed by atoms with Crippen LogP contribution < -0.4 is 16.0 Å². The molecule has 2 aromatic rings. The summed E-state index contributed by atoms with van der Waals surface area (Å²) in [6, 6.07) is 2.79. The lowest BCUT2D eigenvalue weighted by molar-refractivity contribution is -0.125. The third kappa shape index (κ3) is 4.70. The van der Waals surface area contributed by atoms with E-state index in [2.05, 4.69) is 36.9 Å². The molecule has 2 atom stereocenters. The fourth-order valence-electron chi connectivity index (χ4n) is 2.91. The van der Waals surface area contributed by atoms with Crippen molar-refractivity contribution in [3.8, 4) is 0 Å². The summed E-state index contributed by atoms with van der Waals surface area (Å²) in [5.74, 6) is -1.40. The number of imidazole rings is 1. The van der Waals surface area contributed by atoms with E-state index < -0.39 is 17.9 Å². The minimum absolute atomic E-state index is 0.108. The number of carbonyl (C=O) groups is 4. The molecule has 2 aromatic heterocycles. The Morgan fingerprint density at radius 2 is 2.22 bits per heavy atom. The molecular weight excluding hydrogens is 418 g/mol. The van der Waals surface area contributed by atoms with Gasteiger partial charge in [0.1, 0.15) is 17.6 Å². The molecule has 1 aliphatic heterocycles. The number of rotatable bonds is 7. The van der Waals surface area contributed by atoms with Gasteiger partial charge in [-0.3, -0.25) is 14.4 Å². The number of hydrogen-bond donors (Lipinski definition) is 3. The molecule has 2 unspecified atom stereocenters. The Kier molecular flexibility index (Phi) is 5.84. The number of nitrogens with one attached hydrogen (secondary N) is 3. The van der Waals surface area contributed by atoms with Crippen LogP contribution in [0.4, 0.5) is 0 Å². The highest BCUT2D eigenvalue weighted by molar-refractivity contribution is 9.10. The maximum Gasteiger partial charge on any atom is 0.271 e. The van der Waals surface area contributed by atoms with Crippen LogP contribution in [0.3, 0.4) is 0 Å². The lowest BCUT2D eigenvalue weighted by Gasteiger charge is -2.15. The van der Waals surface area contributed by atoms with Gasteiger partial charge in [-0.1, -0.05) is 0 Å². The van der Waals surface area contributed by atoms with E-state index >= 15 is 0 Å². The molecule has 0 bridgehead atoms. The van der Waals surface area contributed by atoms with Gasteiger partial charge in [-0.15, -0.1) is 0 Å². The minimum Gasteiger partial charge on any atom is -0.356 e. The molecule has 142 valence electrons. The van der Waals surface area contributed by atoms with Crippen LogP contribution >= 0.6 is 15.9 Å². The lowest BCUT2D eigenvalue weighted by atomic mass is 9.99. The number of amides is 3. The summed E-state index contributed by atoms with van der Waals surface area (Å²) in [6.45, 7) is 0.284. The van der Waals surface area contributed by atoms with Gasteiger partial charge < -0.3 is 25.1 Å². The number of pyridine rings is 1. The van der Waals surface area contributed by atoms with Gasteiger partial charge in [0, 0.05) is 29.3 Å². The molecule has 3 rings (SSSR count). The van der Waals surface area contributed by atoms with Gasteiger partial charge >= 0.3 is 0 Å². The Hall–Kier alpha value is -2.75. The topological polar surface area (TPSA) is 122 Å². The Bertz CT molecular complexity index is 897. The first-order valence-electron chi connectivity index (χ1n) is 8.41. The number of fused-ring (bicyclic) bond motifs is 1. The zero-order valence-electron chi connectivity index (χ0n) is 14.3. The van der Waals surface area contributed by atoms with Crippen LogP contribution in [0, 0.1) is 5.92 Å². The van der Waals surface area contributed by atoms with Crippen molar-refractivity contribution >= 4 is 45.6 Å². The SMILES string of the molecule is O=CC(CC1CCNC1=O)NC(=O)CNC(=O)c1cn2cc(Br)ccc2n1. The summed E-state index contributed by atoms with van der Waals surface area (Å²) in [5.41, 5.74) is 0.777. The summed E-state index contributed by atoms with van der Waals surface area (Å²) < 4.78 is 2.53. The van der Waals surface area contributed by atoms with Crippen LogP contribution in [-0.4, -0.2) is 52.5 Å². The number of halogens is 1. The van der Waals surface area contributed by atoms with Crippen molar-refractivity contribution in [1.82, 2.24) is 25.3 Å². The van der Waals surface area contributed by atoms with Gasteiger partial charge in [0.05, 0.1) is 12.6 Å². The van der Waals surface area contributed by atoms with E-state index in [0.717, 1.165) is 4.47 Å². The second kappa shape index (κ2) is 8.30. The first kappa shape index (κ1) is 19.0. The highest BCUT2D eigenvalue weighted by Gasteiger charge is 2.27. The Morgan fingerprint density at radius 3 is 2.93 bits per heavy atom. The summed E-state index contributed by atoms with van der Waals surface area (Å²) in [6.07, 6.45) is 4.81. The Labute approximate surface area is 163 Å². The second-order valence-corrected chi connectivity index (χ2v) is 7.16. The number of aromatic nitrogens is 2. The van der Waals surface area contributed by atoms with Gasteiger partial charge in [0.25, 0.3) is 5.91 Å². The molecule has 0 aliphatic carbocycles. The predicted octanol–water partition coefficient (Wildman–Crippen LogP) is 0.0365. The largest absolute Gasteiger partial charge is 0.356 e. The molecule has 3 amide bonds. The molecule has 3 heterocycles. The zero-order valence-corrected chi connectivity index (χ0v) is 15.9.